The first-order valence-electron chi connectivity index (χ1n) is 10.2. The lowest BCUT2D eigenvalue weighted by Gasteiger charge is -2.13. The number of nitrogens with zero attached hydrogens (tertiary/aromatic N) is 6. The molecule has 0 radical (unpaired) electrons. The minimum Gasteiger partial charge on any atom is -0.319 e. The van der Waals surface area contributed by atoms with E-state index in [0.29, 0.717) is 26.9 Å². The van der Waals surface area contributed by atoms with Gasteiger partial charge in [-0.15, -0.1) is 11.3 Å². The zero-order valence-corrected chi connectivity index (χ0v) is 18.3. The summed E-state index contributed by atoms with van der Waals surface area (Å²) < 4.78 is 5.27. The van der Waals surface area contributed by atoms with Crippen LogP contribution in [0.5, 0.6) is 0 Å². The van der Waals surface area contributed by atoms with Crippen molar-refractivity contribution in [3.8, 4) is 11.3 Å². The average Bonchev–Trinajstić information content (AvgIpc) is 3.33. The Labute approximate surface area is 185 Å². The van der Waals surface area contributed by atoms with Crippen molar-refractivity contribution in [2.24, 2.45) is 19.1 Å². The molecule has 0 spiro atoms. The molecule has 6 rings (SSSR count). The molecule has 0 saturated carbocycles. The van der Waals surface area contributed by atoms with Crippen LogP contribution in [-0.4, -0.2) is 29.6 Å². The number of fused-ring (bicyclic) bond motifs is 5. The summed E-state index contributed by atoms with van der Waals surface area (Å²) >= 11 is 1.52. The standard InChI is InChI=1S/C23H18N6O2S/c1-27-19-15-12-24-28(2)17(15)9-10-18(19)32-23(27)26-21(30)14-7-5-11-29-20(14)25-16-8-4-3-6-13(16)22(29)31/h3-8,11-12H,9-10H2,1-2H3. The maximum Gasteiger partial charge on any atom is 0.283 e. The Hall–Kier alpha value is -3.85. The maximum absolute atomic E-state index is 13.2. The summed E-state index contributed by atoms with van der Waals surface area (Å²) in [6, 6.07) is 10.5. The van der Waals surface area contributed by atoms with E-state index in [1.807, 2.05) is 35.6 Å². The largest absolute Gasteiger partial charge is 0.319 e. The number of pyridine rings is 1. The molecule has 158 valence electrons. The number of rotatable bonds is 1. The van der Waals surface area contributed by atoms with E-state index in [2.05, 4.69) is 15.1 Å². The second-order valence-electron chi connectivity index (χ2n) is 7.81. The lowest BCUT2D eigenvalue weighted by molar-refractivity contribution is 0.0999. The number of benzene rings is 1. The molecule has 4 aromatic heterocycles. The molecule has 0 aliphatic heterocycles. The highest BCUT2D eigenvalue weighted by molar-refractivity contribution is 7.09. The number of hydrogen-bond donors (Lipinski definition) is 0. The van der Waals surface area contributed by atoms with Crippen LogP contribution in [0.2, 0.25) is 0 Å². The Morgan fingerprint density at radius 3 is 2.84 bits per heavy atom. The number of thiazole rings is 1. The molecular weight excluding hydrogens is 424 g/mol. The van der Waals surface area contributed by atoms with Crippen molar-refractivity contribution in [3.05, 3.63) is 80.1 Å². The van der Waals surface area contributed by atoms with E-state index in [9.17, 15) is 9.59 Å². The lowest BCUT2D eigenvalue weighted by Crippen LogP contribution is -2.19. The molecule has 0 saturated heterocycles. The van der Waals surface area contributed by atoms with Crippen molar-refractivity contribution >= 4 is 33.8 Å². The van der Waals surface area contributed by atoms with Crippen molar-refractivity contribution < 1.29 is 4.79 Å². The molecule has 1 amide bonds. The molecule has 1 aliphatic carbocycles. The molecule has 4 heterocycles. The lowest BCUT2D eigenvalue weighted by atomic mass is 10.0. The molecular formula is C23H18N6O2S. The van der Waals surface area contributed by atoms with Gasteiger partial charge in [-0.2, -0.15) is 10.1 Å². The molecule has 0 atom stereocenters. The third-order valence-electron chi connectivity index (χ3n) is 5.98. The predicted molar refractivity (Wildman–Crippen MR) is 122 cm³/mol. The fraction of sp³-hybridized carbons (Fsp3) is 0.174. The van der Waals surface area contributed by atoms with Crippen LogP contribution in [0, 0.1) is 0 Å². The predicted octanol–water partition coefficient (Wildman–Crippen LogP) is 2.49. The van der Waals surface area contributed by atoms with Crippen molar-refractivity contribution in [2.45, 2.75) is 12.8 Å². The van der Waals surface area contributed by atoms with Crippen molar-refractivity contribution in [1.29, 1.82) is 0 Å². The molecule has 8 nitrogen and oxygen atoms in total. The van der Waals surface area contributed by atoms with Crippen LogP contribution >= 0.6 is 11.3 Å². The van der Waals surface area contributed by atoms with E-state index in [1.54, 1.807) is 36.5 Å². The molecule has 32 heavy (non-hydrogen) atoms. The van der Waals surface area contributed by atoms with Crippen LogP contribution in [0.3, 0.4) is 0 Å². The summed E-state index contributed by atoms with van der Waals surface area (Å²) in [5, 5.41) is 4.90. The van der Waals surface area contributed by atoms with Crippen LogP contribution in [0.1, 0.15) is 20.9 Å². The second-order valence-corrected chi connectivity index (χ2v) is 8.87. The highest BCUT2D eigenvalue weighted by Crippen LogP contribution is 2.34. The van der Waals surface area contributed by atoms with E-state index in [1.165, 1.54) is 26.3 Å². The summed E-state index contributed by atoms with van der Waals surface area (Å²) in [5.74, 6) is -0.425. The van der Waals surface area contributed by atoms with Gasteiger partial charge in [-0.25, -0.2) is 4.98 Å². The number of hydrogen-bond acceptors (Lipinski definition) is 5. The Morgan fingerprint density at radius 2 is 1.97 bits per heavy atom. The smallest absolute Gasteiger partial charge is 0.283 e. The summed E-state index contributed by atoms with van der Waals surface area (Å²) in [5.41, 5.74) is 4.29. The zero-order valence-electron chi connectivity index (χ0n) is 17.4. The van der Waals surface area contributed by atoms with E-state index in [4.69, 9.17) is 0 Å². The van der Waals surface area contributed by atoms with Crippen molar-refractivity contribution in [3.63, 3.8) is 0 Å². The average molecular weight is 443 g/mol. The van der Waals surface area contributed by atoms with Gasteiger partial charge in [0.25, 0.3) is 11.5 Å². The second kappa shape index (κ2) is 6.83. The molecule has 0 fully saturated rings. The fourth-order valence-corrected chi connectivity index (χ4v) is 5.51. The monoisotopic (exact) mass is 442 g/mol. The molecule has 1 aliphatic rings. The summed E-state index contributed by atoms with van der Waals surface area (Å²) in [4.78, 5) is 37.0. The van der Waals surface area contributed by atoms with E-state index in [0.717, 1.165) is 24.1 Å². The minimum atomic E-state index is -0.425. The third-order valence-corrected chi connectivity index (χ3v) is 7.17. The van der Waals surface area contributed by atoms with Gasteiger partial charge in [-0.1, -0.05) is 12.1 Å². The summed E-state index contributed by atoms with van der Waals surface area (Å²) in [6.45, 7) is 0. The summed E-state index contributed by atoms with van der Waals surface area (Å²) in [6.07, 6.45) is 5.30. The van der Waals surface area contributed by atoms with E-state index < -0.39 is 5.91 Å². The van der Waals surface area contributed by atoms with Gasteiger partial charge < -0.3 is 4.57 Å². The first kappa shape index (κ1) is 18.9. The number of aryl methyl sites for hydroxylation is 2. The molecule has 0 N–H and O–H groups in total. The SMILES string of the molecule is Cn1ncc2c1CCc1sc(=NC(=O)c3cccn4c(=O)c5ccccc5nc34)n(C)c1-2. The van der Waals surface area contributed by atoms with Gasteiger partial charge in [0.15, 0.2) is 10.4 Å². The third kappa shape index (κ3) is 2.64. The van der Waals surface area contributed by atoms with Gasteiger partial charge in [0.05, 0.1) is 28.4 Å². The van der Waals surface area contributed by atoms with Crippen LogP contribution in [0.25, 0.3) is 27.8 Å². The molecule has 9 heteroatoms. The Bertz CT molecular complexity index is 1700. The molecule has 0 unspecified atom stereocenters. The minimum absolute atomic E-state index is 0.207. The van der Waals surface area contributed by atoms with Gasteiger partial charge in [0.1, 0.15) is 0 Å². The normalized spacial score (nSPS) is 13.5. The zero-order chi connectivity index (χ0) is 22.0. The van der Waals surface area contributed by atoms with Gasteiger partial charge >= 0.3 is 0 Å². The summed E-state index contributed by atoms with van der Waals surface area (Å²) in [7, 11) is 3.87. The van der Waals surface area contributed by atoms with Gasteiger partial charge in [-0.3, -0.25) is 18.7 Å². The number of para-hydroxylation sites is 1. The number of carbonyl (C=O) groups excluding carboxylic acids is 1. The van der Waals surface area contributed by atoms with Gasteiger partial charge in [-0.05, 0) is 37.1 Å². The number of carbonyl (C=O) groups is 1. The first-order chi connectivity index (χ1) is 15.5. The van der Waals surface area contributed by atoms with Crippen LogP contribution in [0.4, 0.5) is 0 Å². The van der Waals surface area contributed by atoms with Crippen molar-refractivity contribution in [2.75, 3.05) is 0 Å². The van der Waals surface area contributed by atoms with Crippen molar-refractivity contribution in [1.82, 2.24) is 23.7 Å². The van der Waals surface area contributed by atoms with Crippen LogP contribution in [-0.2, 0) is 26.9 Å². The van der Waals surface area contributed by atoms with E-state index >= 15 is 0 Å². The Morgan fingerprint density at radius 1 is 1.12 bits per heavy atom. The highest BCUT2D eigenvalue weighted by Gasteiger charge is 2.24. The molecule has 1 aromatic carbocycles. The molecule has 5 aromatic rings. The Kier molecular flexibility index (Phi) is 4.03. The van der Waals surface area contributed by atoms with Crippen LogP contribution < -0.4 is 10.4 Å². The van der Waals surface area contributed by atoms with Crippen LogP contribution in [0.15, 0.2) is 58.6 Å². The Balaban J connectivity index is 1.53. The first-order valence-corrected chi connectivity index (χ1v) is 11.0. The number of aromatic nitrogens is 5. The molecule has 0 bridgehead atoms. The maximum atomic E-state index is 13.2. The van der Waals surface area contributed by atoms with Gasteiger partial charge in [0.2, 0.25) is 0 Å². The number of amides is 1. The fourth-order valence-electron chi connectivity index (χ4n) is 4.38. The topological polar surface area (TPSA) is 86.5 Å². The quantitative estimate of drug-likeness (QED) is 0.373. The highest BCUT2D eigenvalue weighted by atomic mass is 32.1. The van der Waals surface area contributed by atoms with Gasteiger partial charge in [0, 0.05) is 36.4 Å². The van der Waals surface area contributed by atoms with E-state index in [-0.39, 0.29) is 5.56 Å².